The predicted octanol–water partition coefficient (Wildman–Crippen LogP) is 4.14. The molecule has 0 bridgehead atoms. The number of benzene rings is 2. The molecule has 32 heavy (non-hydrogen) atoms. The summed E-state index contributed by atoms with van der Waals surface area (Å²) in [5.41, 5.74) is 17.4. The SMILES string of the molecule is NCc1ccc(-n2c(-c3cccnc3N)nc3ccc(NCc4ccccc4)nc32)cc1. The zero-order chi connectivity index (χ0) is 21.9. The molecule has 5 rings (SSSR count). The number of nitrogens with one attached hydrogen (secondary N) is 1. The molecule has 0 aliphatic rings. The molecule has 7 heteroatoms. The molecule has 0 spiro atoms. The van der Waals surface area contributed by atoms with Gasteiger partial charge in [0.1, 0.15) is 17.2 Å². The van der Waals surface area contributed by atoms with Crippen LogP contribution in [0.3, 0.4) is 0 Å². The van der Waals surface area contributed by atoms with Crippen LogP contribution in [0.15, 0.2) is 85.1 Å². The van der Waals surface area contributed by atoms with Gasteiger partial charge in [-0.25, -0.2) is 15.0 Å². The number of nitrogens with zero attached hydrogens (tertiary/aromatic N) is 4. The quantitative estimate of drug-likeness (QED) is 0.380. The second-order valence-electron chi connectivity index (χ2n) is 7.46. The maximum atomic E-state index is 6.20. The van der Waals surface area contributed by atoms with Gasteiger partial charge in [-0.15, -0.1) is 0 Å². The molecule has 0 saturated heterocycles. The van der Waals surface area contributed by atoms with Gasteiger partial charge in [0.25, 0.3) is 0 Å². The van der Waals surface area contributed by atoms with Gasteiger partial charge >= 0.3 is 0 Å². The zero-order valence-electron chi connectivity index (χ0n) is 17.4. The maximum absolute atomic E-state index is 6.20. The van der Waals surface area contributed by atoms with Crippen LogP contribution < -0.4 is 16.8 Å². The van der Waals surface area contributed by atoms with Crippen molar-refractivity contribution in [1.29, 1.82) is 0 Å². The molecule has 5 N–H and O–H groups in total. The fourth-order valence-corrected chi connectivity index (χ4v) is 3.66. The van der Waals surface area contributed by atoms with Crippen molar-refractivity contribution in [1.82, 2.24) is 19.5 Å². The van der Waals surface area contributed by atoms with Gasteiger partial charge in [-0.1, -0.05) is 42.5 Å². The molecule has 158 valence electrons. The molecule has 2 aromatic carbocycles. The topological polar surface area (TPSA) is 108 Å². The predicted molar refractivity (Wildman–Crippen MR) is 128 cm³/mol. The summed E-state index contributed by atoms with van der Waals surface area (Å²) in [6.07, 6.45) is 1.67. The Balaban J connectivity index is 1.63. The summed E-state index contributed by atoms with van der Waals surface area (Å²) in [6, 6.07) is 26.0. The lowest BCUT2D eigenvalue weighted by molar-refractivity contribution is 1.04. The molecule has 0 fully saturated rings. The van der Waals surface area contributed by atoms with Crippen molar-refractivity contribution in [2.75, 3.05) is 11.1 Å². The zero-order valence-corrected chi connectivity index (χ0v) is 17.4. The van der Waals surface area contributed by atoms with Gasteiger partial charge in [-0.2, -0.15) is 0 Å². The molecule has 0 saturated carbocycles. The van der Waals surface area contributed by atoms with E-state index in [9.17, 15) is 0 Å². The average Bonchev–Trinajstić information content (AvgIpc) is 3.22. The third-order valence-corrected chi connectivity index (χ3v) is 5.33. The molecule has 5 aromatic rings. The Morgan fingerprint density at radius 2 is 1.62 bits per heavy atom. The largest absolute Gasteiger partial charge is 0.383 e. The summed E-state index contributed by atoms with van der Waals surface area (Å²) in [4.78, 5) is 14.0. The number of aromatic nitrogens is 4. The normalized spacial score (nSPS) is 11.0. The Kier molecular flexibility index (Phi) is 5.23. The lowest BCUT2D eigenvalue weighted by Gasteiger charge is -2.11. The van der Waals surface area contributed by atoms with Gasteiger partial charge in [0.05, 0.1) is 5.56 Å². The first kappa shape index (κ1) is 19.7. The number of pyridine rings is 2. The fourth-order valence-electron chi connectivity index (χ4n) is 3.66. The average molecular weight is 422 g/mol. The number of fused-ring (bicyclic) bond motifs is 1. The number of anilines is 2. The number of rotatable bonds is 6. The van der Waals surface area contributed by atoms with E-state index in [2.05, 4.69) is 22.4 Å². The lowest BCUT2D eigenvalue weighted by atomic mass is 10.2. The maximum Gasteiger partial charge on any atom is 0.167 e. The minimum Gasteiger partial charge on any atom is -0.383 e. The van der Waals surface area contributed by atoms with Gasteiger partial charge in [-0.3, -0.25) is 4.57 Å². The van der Waals surface area contributed by atoms with Crippen LogP contribution in [0.5, 0.6) is 0 Å². The first-order valence-corrected chi connectivity index (χ1v) is 10.4. The Morgan fingerprint density at radius 1 is 0.812 bits per heavy atom. The highest BCUT2D eigenvalue weighted by atomic mass is 15.2. The van der Waals surface area contributed by atoms with Crippen LogP contribution in [0.4, 0.5) is 11.6 Å². The number of hydrogen-bond donors (Lipinski definition) is 3. The van der Waals surface area contributed by atoms with Crippen molar-refractivity contribution >= 4 is 22.8 Å². The smallest absolute Gasteiger partial charge is 0.167 e. The van der Waals surface area contributed by atoms with Gasteiger partial charge < -0.3 is 16.8 Å². The van der Waals surface area contributed by atoms with E-state index in [-0.39, 0.29) is 0 Å². The van der Waals surface area contributed by atoms with E-state index < -0.39 is 0 Å². The first-order valence-electron chi connectivity index (χ1n) is 10.4. The molecule has 0 aliphatic carbocycles. The summed E-state index contributed by atoms with van der Waals surface area (Å²) in [6.45, 7) is 1.17. The van der Waals surface area contributed by atoms with Crippen molar-refractivity contribution in [3.05, 3.63) is 96.2 Å². The van der Waals surface area contributed by atoms with Gasteiger partial charge in [0.2, 0.25) is 0 Å². The van der Waals surface area contributed by atoms with Crippen LogP contribution in [0.25, 0.3) is 28.2 Å². The molecule has 0 aliphatic heterocycles. The number of hydrogen-bond acceptors (Lipinski definition) is 6. The monoisotopic (exact) mass is 421 g/mol. The summed E-state index contributed by atoms with van der Waals surface area (Å²) < 4.78 is 2.01. The molecule has 0 radical (unpaired) electrons. The van der Waals surface area contributed by atoms with Crippen molar-refractivity contribution in [3.8, 4) is 17.1 Å². The van der Waals surface area contributed by atoms with Crippen LogP contribution in [0.2, 0.25) is 0 Å². The van der Waals surface area contributed by atoms with E-state index in [1.54, 1.807) is 6.20 Å². The van der Waals surface area contributed by atoms with Gasteiger partial charge in [0.15, 0.2) is 11.5 Å². The van der Waals surface area contributed by atoms with E-state index in [0.29, 0.717) is 24.7 Å². The molecule has 0 amide bonds. The summed E-state index contributed by atoms with van der Waals surface area (Å²) in [5.74, 6) is 1.88. The summed E-state index contributed by atoms with van der Waals surface area (Å²) in [7, 11) is 0. The Hall–Kier alpha value is -4.23. The molecule has 0 unspecified atom stereocenters. The van der Waals surface area contributed by atoms with Crippen LogP contribution in [-0.2, 0) is 13.1 Å². The lowest BCUT2D eigenvalue weighted by Crippen LogP contribution is -2.04. The minimum atomic E-state index is 0.421. The summed E-state index contributed by atoms with van der Waals surface area (Å²) >= 11 is 0. The first-order chi connectivity index (χ1) is 15.7. The van der Waals surface area contributed by atoms with E-state index in [1.165, 1.54) is 5.56 Å². The highest BCUT2D eigenvalue weighted by molar-refractivity contribution is 5.83. The van der Waals surface area contributed by atoms with Crippen molar-refractivity contribution in [3.63, 3.8) is 0 Å². The van der Waals surface area contributed by atoms with E-state index in [1.807, 2.05) is 71.3 Å². The van der Waals surface area contributed by atoms with E-state index in [0.717, 1.165) is 33.8 Å². The molecule has 7 nitrogen and oxygen atoms in total. The summed E-state index contributed by atoms with van der Waals surface area (Å²) in [5, 5.41) is 3.40. The second-order valence-corrected chi connectivity index (χ2v) is 7.46. The fraction of sp³-hybridized carbons (Fsp3) is 0.0800. The van der Waals surface area contributed by atoms with Crippen LogP contribution in [0.1, 0.15) is 11.1 Å². The molecule has 0 atom stereocenters. The molecule has 3 aromatic heterocycles. The van der Waals surface area contributed by atoms with Gasteiger partial charge in [0, 0.05) is 25.0 Å². The van der Waals surface area contributed by atoms with Crippen molar-refractivity contribution < 1.29 is 0 Å². The van der Waals surface area contributed by atoms with Crippen LogP contribution in [-0.4, -0.2) is 19.5 Å². The third-order valence-electron chi connectivity index (χ3n) is 5.33. The second kappa shape index (κ2) is 8.49. The van der Waals surface area contributed by atoms with E-state index >= 15 is 0 Å². The number of imidazole rings is 1. The Bertz CT molecular complexity index is 1360. The molecular formula is C25H23N7. The van der Waals surface area contributed by atoms with Crippen LogP contribution >= 0.6 is 0 Å². The van der Waals surface area contributed by atoms with Crippen LogP contribution in [0, 0.1) is 0 Å². The standard InChI is InChI=1S/C25H23N7/c26-15-17-8-10-19(11-9-17)32-24(20-7-4-14-28-23(20)27)30-21-12-13-22(31-25(21)32)29-16-18-5-2-1-3-6-18/h1-14H,15-16,26H2,(H2,27,28)(H,29,31). The Labute approximate surface area is 185 Å². The Morgan fingerprint density at radius 3 is 2.38 bits per heavy atom. The number of nitrogens with two attached hydrogens (primary N) is 2. The number of nitrogen functional groups attached to an aromatic ring is 1. The van der Waals surface area contributed by atoms with Crippen molar-refractivity contribution in [2.24, 2.45) is 5.73 Å². The minimum absolute atomic E-state index is 0.421. The third kappa shape index (κ3) is 3.77. The highest BCUT2D eigenvalue weighted by Gasteiger charge is 2.18. The van der Waals surface area contributed by atoms with E-state index in [4.69, 9.17) is 21.4 Å². The molecular weight excluding hydrogens is 398 g/mol. The highest BCUT2D eigenvalue weighted by Crippen LogP contribution is 2.31. The molecule has 3 heterocycles. The van der Waals surface area contributed by atoms with Gasteiger partial charge in [-0.05, 0) is 47.5 Å². The van der Waals surface area contributed by atoms with Crippen molar-refractivity contribution in [2.45, 2.75) is 13.1 Å².